The third-order valence-corrected chi connectivity index (χ3v) is 3.35. The summed E-state index contributed by atoms with van der Waals surface area (Å²) in [7, 11) is 0. The first-order valence-electron chi connectivity index (χ1n) is 5.94. The van der Waals surface area contributed by atoms with Gasteiger partial charge in [-0.1, -0.05) is 18.6 Å². The van der Waals surface area contributed by atoms with E-state index in [1.54, 1.807) is 6.07 Å². The van der Waals surface area contributed by atoms with Gasteiger partial charge in [0.2, 0.25) is 0 Å². The maximum atomic E-state index is 10.1. The second-order valence-electron chi connectivity index (χ2n) is 4.34. The molecule has 1 aliphatic rings. The van der Waals surface area contributed by atoms with Crippen LogP contribution in [-0.2, 0) is 0 Å². The molecule has 3 N–H and O–H groups in total. The van der Waals surface area contributed by atoms with Gasteiger partial charge in [0.15, 0.2) is 11.5 Å². The van der Waals surface area contributed by atoms with Gasteiger partial charge in [-0.25, -0.2) is 0 Å². The molecular formula is C13H20ClNO2. The van der Waals surface area contributed by atoms with E-state index in [1.807, 2.05) is 19.1 Å². The molecule has 3 nitrogen and oxygen atoms in total. The van der Waals surface area contributed by atoms with Crippen LogP contribution in [0.1, 0.15) is 37.8 Å². The van der Waals surface area contributed by atoms with Crippen LogP contribution in [-0.4, -0.2) is 11.7 Å². The van der Waals surface area contributed by atoms with Gasteiger partial charge in [0.1, 0.15) is 0 Å². The van der Waals surface area contributed by atoms with Crippen LogP contribution >= 0.6 is 12.4 Å². The number of aromatic hydroxyl groups is 1. The summed E-state index contributed by atoms with van der Waals surface area (Å²) in [6.07, 6.45) is 3.59. The lowest BCUT2D eigenvalue weighted by Crippen LogP contribution is -2.26. The average Bonchev–Trinajstić information content (AvgIpc) is 2.18. The van der Waals surface area contributed by atoms with E-state index in [4.69, 9.17) is 10.5 Å². The zero-order chi connectivity index (χ0) is 11.5. The minimum Gasteiger partial charge on any atom is -0.504 e. The van der Waals surface area contributed by atoms with Gasteiger partial charge in [-0.3, -0.25) is 0 Å². The van der Waals surface area contributed by atoms with Gasteiger partial charge in [-0.05, 0) is 31.7 Å². The fourth-order valence-electron chi connectivity index (χ4n) is 2.13. The molecule has 1 atom stereocenters. The highest BCUT2D eigenvalue weighted by Gasteiger charge is 2.27. The molecule has 2 rings (SSSR count). The van der Waals surface area contributed by atoms with Crippen LogP contribution in [0.2, 0.25) is 0 Å². The summed E-state index contributed by atoms with van der Waals surface area (Å²) in [5.41, 5.74) is 6.97. The van der Waals surface area contributed by atoms with Crippen LogP contribution in [0.5, 0.6) is 11.5 Å². The predicted molar refractivity (Wildman–Crippen MR) is 70.8 cm³/mol. The van der Waals surface area contributed by atoms with Crippen LogP contribution in [0.4, 0.5) is 0 Å². The average molecular weight is 258 g/mol. The van der Waals surface area contributed by atoms with Crippen LogP contribution in [0.15, 0.2) is 18.2 Å². The monoisotopic (exact) mass is 257 g/mol. The van der Waals surface area contributed by atoms with Crippen LogP contribution in [0, 0.1) is 5.92 Å². The van der Waals surface area contributed by atoms with Crippen LogP contribution in [0.3, 0.4) is 0 Å². The number of rotatable bonds is 4. The Hall–Kier alpha value is -0.930. The molecule has 1 aromatic carbocycles. The Morgan fingerprint density at radius 1 is 1.47 bits per heavy atom. The fourth-order valence-corrected chi connectivity index (χ4v) is 2.13. The summed E-state index contributed by atoms with van der Waals surface area (Å²) in [4.78, 5) is 0. The standard InChI is InChI=1S/C13H19NO2.ClH/c1-2-16-11-8-4-7-10(13(11)15)12(14)9-5-3-6-9;/h4,7-9,12,15H,2-3,5-6,14H2,1H3;1H/t12-;/m1./s1. The molecule has 1 saturated carbocycles. The third kappa shape index (κ3) is 2.85. The van der Waals surface area contributed by atoms with Gasteiger partial charge in [-0.15, -0.1) is 12.4 Å². The molecule has 0 aromatic heterocycles. The molecule has 0 radical (unpaired) electrons. The molecule has 0 spiro atoms. The molecule has 0 saturated heterocycles. The number of phenols is 1. The Morgan fingerprint density at radius 2 is 2.18 bits per heavy atom. The summed E-state index contributed by atoms with van der Waals surface area (Å²) < 4.78 is 5.35. The van der Waals surface area contributed by atoms with Crippen molar-refractivity contribution in [1.29, 1.82) is 0 Å². The second-order valence-corrected chi connectivity index (χ2v) is 4.34. The maximum Gasteiger partial charge on any atom is 0.162 e. The Balaban J connectivity index is 0.00000144. The Labute approximate surface area is 108 Å². The quantitative estimate of drug-likeness (QED) is 0.872. The minimum absolute atomic E-state index is 0. The lowest BCUT2D eigenvalue weighted by molar-refractivity contribution is 0.257. The molecule has 0 amide bonds. The first-order chi connectivity index (χ1) is 7.74. The van der Waals surface area contributed by atoms with Crippen molar-refractivity contribution in [2.24, 2.45) is 11.7 Å². The van der Waals surface area contributed by atoms with Gasteiger partial charge >= 0.3 is 0 Å². The molecular weight excluding hydrogens is 238 g/mol. The van der Waals surface area contributed by atoms with Gasteiger partial charge in [0.05, 0.1) is 6.61 Å². The molecule has 0 unspecified atom stereocenters. The molecule has 0 bridgehead atoms. The zero-order valence-electron chi connectivity index (χ0n) is 10.1. The largest absolute Gasteiger partial charge is 0.504 e. The molecule has 0 aliphatic heterocycles. The molecule has 1 aliphatic carbocycles. The normalized spacial score (nSPS) is 16.8. The zero-order valence-corrected chi connectivity index (χ0v) is 10.9. The lowest BCUT2D eigenvalue weighted by atomic mass is 9.77. The van der Waals surface area contributed by atoms with Crippen molar-refractivity contribution < 1.29 is 9.84 Å². The van der Waals surface area contributed by atoms with E-state index < -0.39 is 0 Å². The number of nitrogens with two attached hydrogens (primary N) is 1. The van der Waals surface area contributed by atoms with Crippen molar-refractivity contribution in [1.82, 2.24) is 0 Å². The topological polar surface area (TPSA) is 55.5 Å². The van der Waals surface area contributed by atoms with Gasteiger partial charge < -0.3 is 15.6 Å². The van der Waals surface area contributed by atoms with Gasteiger partial charge in [0.25, 0.3) is 0 Å². The molecule has 1 aromatic rings. The van der Waals surface area contributed by atoms with Crippen molar-refractivity contribution in [3.63, 3.8) is 0 Å². The maximum absolute atomic E-state index is 10.1. The van der Waals surface area contributed by atoms with E-state index in [2.05, 4.69) is 0 Å². The van der Waals surface area contributed by atoms with E-state index in [9.17, 15) is 5.11 Å². The van der Waals surface area contributed by atoms with Crippen LogP contribution in [0.25, 0.3) is 0 Å². The second kappa shape index (κ2) is 6.12. The van der Waals surface area contributed by atoms with E-state index in [-0.39, 0.29) is 24.2 Å². The summed E-state index contributed by atoms with van der Waals surface area (Å²) in [5.74, 6) is 1.27. The van der Waals surface area contributed by atoms with Crippen molar-refractivity contribution in [2.75, 3.05) is 6.61 Å². The van der Waals surface area contributed by atoms with Gasteiger partial charge in [-0.2, -0.15) is 0 Å². The third-order valence-electron chi connectivity index (χ3n) is 3.35. The molecule has 0 heterocycles. The minimum atomic E-state index is -0.0610. The Kier molecular flexibility index (Phi) is 5.09. The van der Waals surface area contributed by atoms with Crippen molar-refractivity contribution in [3.8, 4) is 11.5 Å². The predicted octanol–water partition coefficient (Wildman–Crippen LogP) is 3.01. The first kappa shape index (κ1) is 14.1. The number of phenolic OH excluding ortho intramolecular Hbond substituents is 1. The highest BCUT2D eigenvalue weighted by atomic mass is 35.5. The summed E-state index contributed by atoms with van der Waals surface area (Å²) >= 11 is 0. The number of hydrogen-bond donors (Lipinski definition) is 2. The number of para-hydroxylation sites is 1. The number of benzene rings is 1. The fraction of sp³-hybridized carbons (Fsp3) is 0.538. The molecule has 4 heteroatoms. The van der Waals surface area contributed by atoms with E-state index >= 15 is 0 Å². The van der Waals surface area contributed by atoms with E-state index in [0.29, 0.717) is 18.3 Å². The summed E-state index contributed by atoms with van der Waals surface area (Å²) in [6.45, 7) is 2.45. The first-order valence-corrected chi connectivity index (χ1v) is 5.94. The van der Waals surface area contributed by atoms with E-state index in [1.165, 1.54) is 19.3 Å². The number of halogens is 1. The van der Waals surface area contributed by atoms with Gasteiger partial charge in [0, 0.05) is 11.6 Å². The summed E-state index contributed by atoms with van der Waals surface area (Å²) in [5, 5.41) is 10.1. The highest BCUT2D eigenvalue weighted by molar-refractivity contribution is 5.85. The Morgan fingerprint density at radius 3 is 2.71 bits per heavy atom. The number of ether oxygens (including phenoxy) is 1. The molecule has 1 fully saturated rings. The number of hydrogen-bond acceptors (Lipinski definition) is 3. The molecule has 96 valence electrons. The smallest absolute Gasteiger partial charge is 0.162 e. The summed E-state index contributed by atoms with van der Waals surface area (Å²) in [6, 6.07) is 5.49. The SMILES string of the molecule is CCOc1cccc([C@H](N)C2CCC2)c1O.Cl. The van der Waals surface area contributed by atoms with Crippen molar-refractivity contribution in [3.05, 3.63) is 23.8 Å². The van der Waals surface area contributed by atoms with Crippen molar-refractivity contribution >= 4 is 12.4 Å². The lowest BCUT2D eigenvalue weighted by Gasteiger charge is -2.31. The molecule has 17 heavy (non-hydrogen) atoms. The highest BCUT2D eigenvalue weighted by Crippen LogP contribution is 2.41. The van der Waals surface area contributed by atoms with Crippen LogP contribution < -0.4 is 10.5 Å². The Bertz CT molecular complexity index is 366. The van der Waals surface area contributed by atoms with Crippen molar-refractivity contribution in [2.45, 2.75) is 32.2 Å². The van der Waals surface area contributed by atoms with E-state index in [0.717, 1.165) is 5.56 Å².